The molecule has 0 spiro atoms. The van der Waals surface area contributed by atoms with Crippen LogP contribution in [0.1, 0.15) is 19.8 Å². The highest BCUT2D eigenvalue weighted by Crippen LogP contribution is 2.37. The zero-order chi connectivity index (χ0) is 14.2. The van der Waals surface area contributed by atoms with Crippen molar-refractivity contribution < 1.29 is 13.3 Å². The molecule has 1 aliphatic rings. The largest absolute Gasteiger partial charge is 0.310 e. The van der Waals surface area contributed by atoms with Gasteiger partial charge in [-0.15, -0.1) is 0 Å². The number of rotatable bonds is 5. The van der Waals surface area contributed by atoms with Gasteiger partial charge in [-0.3, -0.25) is 10.1 Å². The number of nitrogens with two attached hydrogens (primary N) is 1. The van der Waals surface area contributed by atoms with Crippen LogP contribution >= 0.6 is 11.3 Å². The monoisotopic (exact) mass is 306 g/mol. The summed E-state index contributed by atoms with van der Waals surface area (Å²) in [5.41, 5.74) is 1.80. The summed E-state index contributed by atoms with van der Waals surface area (Å²) >= 11 is 0.744. The summed E-state index contributed by atoms with van der Waals surface area (Å²) in [6.45, 7) is 2.04. The Morgan fingerprint density at radius 3 is 2.58 bits per heavy atom. The van der Waals surface area contributed by atoms with Crippen molar-refractivity contribution in [2.75, 3.05) is 5.43 Å². The summed E-state index contributed by atoms with van der Waals surface area (Å²) in [7, 11) is -3.72. The first-order valence-corrected chi connectivity index (χ1v) is 7.90. The molecule has 0 aliphatic heterocycles. The minimum Gasteiger partial charge on any atom is -0.310 e. The van der Waals surface area contributed by atoms with Crippen LogP contribution in [0.4, 0.5) is 10.7 Å². The smallest absolute Gasteiger partial charge is 0.306 e. The minimum absolute atomic E-state index is 0.0207. The van der Waals surface area contributed by atoms with E-state index in [2.05, 4.69) is 10.1 Å². The van der Waals surface area contributed by atoms with Crippen LogP contribution in [0.2, 0.25) is 0 Å². The van der Waals surface area contributed by atoms with Crippen molar-refractivity contribution in [3.05, 3.63) is 16.2 Å². The summed E-state index contributed by atoms with van der Waals surface area (Å²) in [6.07, 6.45) is 1.57. The summed E-state index contributed by atoms with van der Waals surface area (Å²) in [5.74, 6) is 5.65. The molecule has 1 aromatic heterocycles. The Kier molecular flexibility index (Phi) is 3.76. The van der Waals surface area contributed by atoms with Gasteiger partial charge in [-0.1, -0.05) is 18.3 Å². The van der Waals surface area contributed by atoms with Crippen molar-refractivity contribution in [3.63, 3.8) is 0 Å². The van der Waals surface area contributed by atoms with Crippen molar-refractivity contribution in [1.82, 2.24) is 4.72 Å². The fourth-order valence-corrected chi connectivity index (χ4v) is 4.52. The maximum Gasteiger partial charge on any atom is 0.306 e. The number of nitrogen functional groups attached to an aromatic ring is 1. The zero-order valence-electron chi connectivity index (χ0n) is 10.1. The highest BCUT2D eigenvalue weighted by molar-refractivity contribution is 7.91. The van der Waals surface area contributed by atoms with Crippen molar-refractivity contribution in [2.24, 2.45) is 11.8 Å². The van der Waals surface area contributed by atoms with Crippen molar-refractivity contribution >= 4 is 32.0 Å². The SMILES string of the molecule is CC1CC(NS(=O)(=O)c2cc([N+](=O)[O-])c(NN)s2)C1. The van der Waals surface area contributed by atoms with E-state index in [0.29, 0.717) is 5.92 Å². The van der Waals surface area contributed by atoms with Crippen molar-refractivity contribution in [3.8, 4) is 0 Å². The molecule has 0 bridgehead atoms. The van der Waals surface area contributed by atoms with Gasteiger partial charge in [0, 0.05) is 12.1 Å². The lowest BCUT2D eigenvalue weighted by molar-refractivity contribution is -0.383. The number of anilines is 1. The van der Waals surface area contributed by atoms with Crippen LogP contribution < -0.4 is 16.0 Å². The predicted molar refractivity (Wildman–Crippen MR) is 71.3 cm³/mol. The summed E-state index contributed by atoms with van der Waals surface area (Å²) in [5, 5.41) is 10.8. The second kappa shape index (κ2) is 5.04. The Labute approximate surface area is 114 Å². The molecule has 0 saturated heterocycles. The van der Waals surface area contributed by atoms with Gasteiger partial charge in [0.15, 0.2) is 5.00 Å². The Balaban J connectivity index is 2.23. The maximum atomic E-state index is 12.1. The lowest BCUT2D eigenvalue weighted by atomic mass is 9.83. The fraction of sp³-hybridized carbons (Fsp3) is 0.556. The van der Waals surface area contributed by atoms with Gasteiger partial charge >= 0.3 is 5.69 Å². The van der Waals surface area contributed by atoms with E-state index in [0.717, 1.165) is 30.2 Å². The molecule has 1 aromatic rings. The molecule has 0 radical (unpaired) electrons. The number of thiophene rings is 1. The first-order chi connectivity index (χ1) is 8.83. The van der Waals surface area contributed by atoms with Crippen LogP contribution in [0.3, 0.4) is 0 Å². The third-order valence-electron chi connectivity index (χ3n) is 2.98. The Morgan fingerprint density at radius 2 is 2.16 bits per heavy atom. The van der Waals surface area contributed by atoms with Crippen LogP contribution in [0.5, 0.6) is 0 Å². The molecule has 1 saturated carbocycles. The van der Waals surface area contributed by atoms with Crippen LogP contribution in [0.25, 0.3) is 0 Å². The molecule has 4 N–H and O–H groups in total. The van der Waals surface area contributed by atoms with E-state index in [-0.39, 0.29) is 20.9 Å². The average Bonchev–Trinajstić information content (AvgIpc) is 2.71. The molecule has 19 heavy (non-hydrogen) atoms. The van der Waals surface area contributed by atoms with Crippen LogP contribution in [-0.2, 0) is 10.0 Å². The quantitative estimate of drug-likeness (QED) is 0.423. The van der Waals surface area contributed by atoms with Crippen LogP contribution in [0.15, 0.2) is 10.3 Å². The van der Waals surface area contributed by atoms with E-state index in [1.54, 1.807) is 0 Å². The molecule has 8 nitrogen and oxygen atoms in total. The first-order valence-electron chi connectivity index (χ1n) is 5.60. The van der Waals surface area contributed by atoms with E-state index in [9.17, 15) is 18.5 Å². The van der Waals surface area contributed by atoms with E-state index in [1.165, 1.54) is 0 Å². The van der Waals surface area contributed by atoms with Gasteiger partial charge < -0.3 is 5.43 Å². The third kappa shape index (κ3) is 2.86. The zero-order valence-corrected chi connectivity index (χ0v) is 11.8. The Morgan fingerprint density at radius 1 is 1.53 bits per heavy atom. The molecule has 1 fully saturated rings. The number of nitro groups is 1. The molecule has 1 aliphatic carbocycles. The van der Waals surface area contributed by atoms with Crippen molar-refractivity contribution in [2.45, 2.75) is 30.0 Å². The van der Waals surface area contributed by atoms with Crippen molar-refractivity contribution in [1.29, 1.82) is 0 Å². The van der Waals surface area contributed by atoms with Gasteiger partial charge in [0.2, 0.25) is 0 Å². The number of sulfonamides is 1. The number of nitrogens with zero attached hydrogens (tertiary/aromatic N) is 1. The van der Waals surface area contributed by atoms with E-state index >= 15 is 0 Å². The molecule has 0 unspecified atom stereocenters. The first kappa shape index (κ1) is 14.2. The summed E-state index contributed by atoms with van der Waals surface area (Å²) in [6, 6.07) is 0.931. The van der Waals surface area contributed by atoms with Gasteiger partial charge in [0.25, 0.3) is 10.0 Å². The minimum atomic E-state index is -3.72. The molecular weight excluding hydrogens is 292 g/mol. The van der Waals surface area contributed by atoms with Gasteiger partial charge in [0.05, 0.1) is 4.92 Å². The normalized spacial score (nSPS) is 22.8. The Hall–Kier alpha value is -1.23. The van der Waals surface area contributed by atoms with Gasteiger partial charge in [-0.05, 0) is 18.8 Å². The van der Waals surface area contributed by atoms with Gasteiger partial charge in [-0.25, -0.2) is 19.0 Å². The van der Waals surface area contributed by atoms with E-state index < -0.39 is 14.9 Å². The summed E-state index contributed by atoms with van der Waals surface area (Å²) in [4.78, 5) is 10.1. The molecule has 106 valence electrons. The van der Waals surface area contributed by atoms with Crippen LogP contribution in [0, 0.1) is 16.0 Å². The predicted octanol–water partition coefficient (Wildman–Crippen LogP) is 1.02. The lowest BCUT2D eigenvalue weighted by Crippen LogP contribution is -2.43. The number of hydrazine groups is 1. The standard InChI is InChI=1S/C9H14N4O4S2/c1-5-2-6(3-5)12-19(16,17)8-4-7(13(14)15)9(11-10)18-8/h4-6,11-12H,2-3,10H2,1H3. The molecule has 0 aromatic carbocycles. The highest BCUT2D eigenvalue weighted by Gasteiger charge is 2.32. The molecule has 0 amide bonds. The maximum absolute atomic E-state index is 12.1. The fourth-order valence-electron chi connectivity index (χ4n) is 2.01. The molecule has 1 heterocycles. The summed E-state index contributed by atoms with van der Waals surface area (Å²) < 4.78 is 26.5. The van der Waals surface area contributed by atoms with E-state index in [4.69, 9.17) is 5.84 Å². The third-order valence-corrected chi connectivity index (χ3v) is 6.03. The second-order valence-electron chi connectivity index (χ2n) is 4.58. The van der Waals surface area contributed by atoms with E-state index in [1.807, 2.05) is 6.92 Å². The highest BCUT2D eigenvalue weighted by atomic mass is 32.2. The average molecular weight is 306 g/mol. The molecule has 10 heteroatoms. The number of hydrogen-bond acceptors (Lipinski definition) is 7. The number of nitrogens with one attached hydrogen (secondary N) is 2. The lowest BCUT2D eigenvalue weighted by Gasteiger charge is -2.32. The van der Waals surface area contributed by atoms with Gasteiger partial charge in [0.1, 0.15) is 4.21 Å². The Bertz CT molecular complexity index is 591. The number of hydrogen-bond donors (Lipinski definition) is 3. The second-order valence-corrected chi connectivity index (χ2v) is 7.57. The van der Waals surface area contributed by atoms with Crippen LogP contribution in [-0.4, -0.2) is 19.4 Å². The van der Waals surface area contributed by atoms with Gasteiger partial charge in [-0.2, -0.15) is 0 Å². The molecule has 0 atom stereocenters. The molecular formula is C9H14N4O4S2. The molecule has 2 rings (SSSR count). The topological polar surface area (TPSA) is 127 Å².